The Hall–Kier alpha value is -1.39. The number of carbonyl (C=O) groups is 1. The van der Waals surface area contributed by atoms with Crippen molar-refractivity contribution in [2.75, 3.05) is 33.4 Å². The lowest BCUT2D eigenvalue weighted by Crippen LogP contribution is -2.41. The highest BCUT2D eigenvalue weighted by Gasteiger charge is 2.23. The summed E-state index contributed by atoms with van der Waals surface area (Å²) in [5.74, 6) is 0.731. The third-order valence-electron chi connectivity index (χ3n) is 4.17. The van der Waals surface area contributed by atoms with Gasteiger partial charge in [0.15, 0.2) is 0 Å². The van der Waals surface area contributed by atoms with Crippen LogP contribution in [0.4, 0.5) is 0 Å². The molecule has 1 aliphatic heterocycles. The van der Waals surface area contributed by atoms with E-state index in [1.165, 1.54) is 6.42 Å². The second-order valence-electron chi connectivity index (χ2n) is 5.96. The van der Waals surface area contributed by atoms with Crippen LogP contribution in [0.1, 0.15) is 31.2 Å². The van der Waals surface area contributed by atoms with Crippen LogP contribution < -0.4 is 0 Å². The van der Waals surface area contributed by atoms with Gasteiger partial charge in [0.05, 0.1) is 6.61 Å². The van der Waals surface area contributed by atoms with Crippen molar-refractivity contribution in [1.82, 2.24) is 4.90 Å². The topological polar surface area (TPSA) is 38.8 Å². The Morgan fingerprint density at radius 3 is 2.91 bits per heavy atom. The second-order valence-corrected chi connectivity index (χ2v) is 5.96. The first-order chi connectivity index (χ1) is 10.8. The summed E-state index contributed by atoms with van der Waals surface area (Å²) >= 11 is 0. The van der Waals surface area contributed by atoms with E-state index in [0.29, 0.717) is 12.5 Å². The Morgan fingerprint density at radius 2 is 2.14 bits per heavy atom. The molecule has 0 aromatic heterocycles. The van der Waals surface area contributed by atoms with Gasteiger partial charge in [0.25, 0.3) is 0 Å². The maximum Gasteiger partial charge on any atom is 0.248 e. The first-order valence-corrected chi connectivity index (χ1v) is 8.18. The zero-order chi connectivity index (χ0) is 15.6. The number of carbonyl (C=O) groups excluding carboxylic acids is 1. The van der Waals surface area contributed by atoms with Crippen LogP contribution in [0.25, 0.3) is 0 Å². The summed E-state index contributed by atoms with van der Waals surface area (Å²) in [7, 11) is 1.74. The number of nitrogens with zero attached hydrogens (tertiary/aromatic N) is 1. The number of methoxy groups -OCH3 is 1. The van der Waals surface area contributed by atoms with Gasteiger partial charge >= 0.3 is 0 Å². The molecule has 0 radical (unpaired) electrons. The summed E-state index contributed by atoms with van der Waals surface area (Å²) in [6.07, 6.45) is 4.54. The van der Waals surface area contributed by atoms with E-state index in [9.17, 15) is 4.79 Å². The van der Waals surface area contributed by atoms with Gasteiger partial charge in [-0.15, -0.1) is 0 Å². The van der Waals surface area contributed by atoms with Crippen molar-refractivity contribution in [3.8, 4) is 0 Å². The third kappa shape index (κ3) is 5.78. The zero-order valence-electron chi connectivity index (χ0n) is 13.5. The lowest BCUT2D eigenvalue weighted by molar-refractivity contribution is -0.138. The molecule has 1 fully saturated rings. The number of amides is 1. The van der Waals surface area contributed by atoms with Gasteiger partial charge in [-0.05, 0) is 37.2 Å². The van der Waals surface area contributed by atoms with Crippen LogP contribution in [0.15, 0.2) is 30.3 Å². The smallest absolute Gasteiger partial charge is 0.248 e. The SMILES string of the molecule is COCCC[C@H]1CCCN(C(=O)COCc2ccccc2)C1. The molecule has 0 spiro atoms. The average Bonchev–Trinajstić information content (AvgIpc) is 2.56. The predicted octanol–water partition coefficient (Wildman–Crippen LogP) is 2.87. The van der Waals surface area contributed by atoms with E-state index in [1.807, 2.05) is 35.2 Å². The fourth-order valence-electron chi connectivity index (χ4n) is 2.97. The standard InChI is InChI=1S/C18H27NO3/c1-21-12-6-10-16-9-5-11-19(13-16)18(20)15-22-14-17-7-3-2-4-8-17/h2-4,7-8,16H,5-6,9-15H2,1H3/t16-/m1/s1. The van der Waals surface area contributed by atoms with Crippen LogP contribution in [0.2, 0.25) is 0 Å². The van der Waals surface area contributed by atoms with Crippen molar-refractivity contribution in [1.29, 1.82) is 0 Å². The molecule has 4 heteroatoms. The lowest BCUT2D eigenvalue weighted by atomic mass is 9.93. The number of rotatable bonds is 8. The molecule has 0 unspecified atom stereocenters. The van der Waals surface area contributed by atoms with Gasteiger partial charge in [0.2, 0.25) is 5.91 Å². The number of likely N-dealkylation sites (tertiary alicyclic amines) is 1. The van der Waals surface area contributed by atoms with Crippen LogP contribution in [0, 0.1) is 5.92 Å². The number of hydrogen-bond donors (Lipinski definition) is 0. The molecule has 1 atom stereocenters. The third-order valence-corrected chi connectivity index (χ3v) is 4.17. The molecule has 0 saturated carbocycles. The highest BCUT2D eigenvalue weighted by atomic mass is 16.5. The molecule has 0 aliphatic carbocycles. The molecule has 1 aromatic rings. The van der Waals surface area contributed by atoms with Gasteiger partial charge in [0, 0.05) is 26.8 Å². The molecule has 0 N–H and O–H groups in total. The van der Waals surface area contributed by atoms with E-state index in [-0.39, 0.29) is 12.5 Å². The van der Waals surface area contributed by atoms with Gasteiger partial charge in [-0.2, -0.15) is 0 Å². The molecule has 4 nitrogen and oxygen atoms in total. The highest BCUT2D eigenvalue weighted by molar-refractivity contribution is 5.77. The van der Waals surface area contributed by atoms with Crippen molar-refractivity contribution in [2.24, 2.45) is 5.92 Å². The van der Waals surface area contributed by atoms with Crippen molar-refractivity contribution in [3.63, 3.8) is 0 Å². The van der Waals surface area contributed by atoms with E-state index in [0.717, 1.165) is 44.5 Å². The van der Waals surface area contributed by atoms with E-state index in [2.05, 4.69) is 0 Å². The van der Waals surface area contributed by atoms with Gasteiger partial charge in [-0.25, -0.2) is 0 Å². The Labute approximate surface area is 133 Å². The first-order valence-electron chi connectivity index (χ1n) is 8.18. The first kappa shape index (κ1) is 17.0. The van der Waals surface area contributed by atoms with E-state index in [1.54, 1.807) is 7.11 Å². The Kier molecular flexibility index (Phi) is 7.40. The number of piperidine rings is 1. The van der Waals surface area contributed by atoms with E-state index < -0.39 is 0 Å². The molecule has 1 aliphatic rings. The molecular weight excluding hydrogens is 278 g/mol. The number of ether oxygens (including phenoxy) is 2. The summed E-state index contributed by atoms with van der Waals surface area (Å²) in [4.78, 5) is 14.2. The predicted molar refractivity (Wildman–Crippen MR) is 86.5 cm³/mol. The normalized spacial score (nSPS) is 18.4. The van der Waals surface area contributed by atoms with E-state index >= 15 is 0 Å². The summed E-state index contributed by atoms with van der Waals surface area (Å²) in [6, 6.07) is 9.96. The molecule has 122 valence electrons. The Balaban J connectivity index is 1.68. The summed E-state index contributed by atoms with van der Waals surface area (Å²) in [6.45, 7) is 3.23. The minimum Gasteiger partial charge on any atom is -0.385 e. The largest absolute Gasteiger partial charge is 0.385 e. The minimum absolute atomic E-state index is 0.118. The minimum atomic E-state index is 0.118. The highest BCUT2D eigenvalue weighted by Crippen LogP contribution is 2.21. The molecule has 1 heterocycles. The molecule has 1 amide bonds. The Bertz CT molecular complexity index is 435. The molecule has 1 saturated heterocycles. The van der Waals surface area contributed by atoms with Gasteiger partial charge in [-0.3, -0.25) is 4.79 Å². The number of benzene rings is 1. The van der Waals surface area contributed by atoms with Crippen molar-refractivity contribution in [3.05, 3.63) is 35.9 Å². The number of hydrogen-bond acceptors (Lipinski definition) is 3. The fourth-order valence-corrected chi connectivity index (χ4v) is 2.97. The van der Waals surface area contributed by atoms with E-state index in [4.69, 9.17) is 9.47 Å². The van der Waals surface area contributed by atoms with Gasteiger partial charge in [0.1, 0.15) is 6.61 Å². The molecule has 1 aromatic carbocycles. The second kappa shape index (κ2) is 9.59. The quantitative estimate of drug-likeness (QED) is 0.693. The van der Waals surface area contributed by atoms with Gasteiger partial charge < -0.3 is 14.4 Å². The molecule has 22 heavy (non-hydrogen) atoms. The van der Waals surface area contributed by atoms with Gasteiger partial charge in [-0.1, -0.05) is 30.3 Å². The maximum atomic E-state index is 12.2. The molecule has 0 bridgehead atoms. The van der Waals surface area contributed by atoms with Crippen LogP contribution in [0.5, 0.6) is 0 Å². The maximum absolute atomic E-state index is 12.2. The van der Waals surface area contributed by atoms with Crippen LogP contribution in [-0.2, 0) is 20.9 Å². The van der Waals surface area contributed by atoms with Crippen LogP contribution in [0.3, 0.4) is 0 Å². The lowest BCUT2D eigenvalue weighted by Gasteiger charge is -2.32. The summed E-state index contributed by atoms with van der Waals surface area (Å²) < 4.78 is 10.7. The monoisotopic (exact) mass is 305 g/mol. The van der Waals surface area contributed by atoms with Crippen LogP contribution in [-0.4, -0.2) is 44.2 Å². The molecular formula is C18H27NO3. The van der Waals surface area contributed by atoms with Crippen LogP contribution >= 0.6 is 0 Å². The van der Waals surface area contributed by atoms with Crippen molar-refractivity contribution in [2.45, 2.75) is 32.3 Å². The Morgan fingerprint density at radius 1 is 1.32 bits per heavy atom. The molecule has 2 rings (SSSR count). The summed E-state index contributed by atoms with van der Waals surface area (Å²) in [5, 5.41) is 0. The average molecular weight is 305 g/mol. The van der Waals surface area contributed by atoms with Crippen molar-refractivity contribution < 1.29 is 14.3 Å². The fraction of sp³-hybridized carbons (Fsp3) is 0.611. The summed E-state index contributed by atoms with van der Waals surface area (Å²) in [5.41, 5.74) is 1.10. The van der Waals surface area contributed by atoms with Crippen molar-refractivity contribution >= 4 is 5.91 Å². The zero-order valence-corrected chi connectivity index (χ0v) is 13.5.